The summed E-state index contributed by atoms with van der Waals surface area (Å²) in [4.78, 5) is 29.3. The molecule has 0 saturated carbocycles. The number of halogens is 2. The van der Waals surface area contributed by atoms with E-state index in [1.807, 2.05) is 6.07 Å². The molecule has 0 N–H and O–H groups in total. The smallest absolute Gasteiger partial charge is 0.278 e. The van der Waals surface area contributed by atoms with Crippen molar-refractivity contribution < 1.29 is 13.6 Å². The summed E-state index contributed by atoms with van der Waals surface area (Å²) in [5, 5.41) is 4.27. The maximum absolute atomic E-state index is 13.6. The Morgan fingerprint density at radius 3 is 2.48 bits per heavy atom. The van der Waals surface area contributed by atoms with Crippen molar-refractivity contribution in [2.24, 2.45) is 7.05 Å². The van der Waals surface area contributed by atoms with Gasteiger partial charge in [0.05, 0.1) is 10.9 Å². The van der Waals surface area contributed by atoms with Crippen LogP contribution in [0.15, 0.2) is 47.3 Å². The van der Waals surface area contributed by atoms with E-state index in [-0.39, 0.29) is 16.9 Å². The zero-order chi connectivity index (χ0) is 20.5. The number of hydrogen-bond acceptors (Lipinski definition) is 4. The van der Waals surface area contributed by atoms with Crippen molar-refractivity contribution >= 4 is 16.8 Å². The molecule has 29 heavy (non-hydrogen) atoms. The van der Waals surface area contributed by atoms with Gasteiger partial charge in [-0.2, -0.15) is 5.10 Å². The predicted octanol–water partition coefficient (Wildman–Crippen LogP) is 2.17. The second kappa shape index (κ2) is 7.71. The first-order valence-electron chi connectivity index (χ1n) is 9.35. The number of aryl methyl sites for hydroxylation is 1. The Morgan fingerprint density at radius 1 is 1.03 bits per heavy atom. The third-order valence-electron chi connectivity index (χ3n) is 5.17. The summed E-state index contributed by atoms with van der Waals surface area (Å²) >= 11 is 0. The molecular weight excluding hydrogens is 378 g/mol. The van der Waals surface area contributed by atoms with Gasteiger partial charge in [-0.25, -0.2) is 8.78 Å². The lowest BCUT2D eigenvalue weighted by atomic mass is 10.1. The van der Waals surface area contributed by atoms with E-state index < -0.39 is 17.2 Å². The molecular formula is C21H20F2N4O2. The van der Waals surface area contributed by atoms with Crippen LogP contribution in [0.1, 0.15) is 16.1 Å². The number of nitrogens with zero attached hydrogens (tertiary/aromatic N) is 4. The molecule has 1 fully saturated rings. The fraction of sp³-hybridized carbons (Fsp3) is 0.286. The standard InChI is InChI=1S/C21H20F2N4O2/c1-25-18-6-5-16(23)12-17(18)20(28)19(24-25)21(29)27-9-7-26(8-10-27)13-14-3-2-4-15(22)11-14/h2-6,11-12H,7-10,13H2,1H3. The maximum atomic E-state index is 13.6. The van der Waals surface area contributed by atoms with Crippen molar-refractivity contribution in [1.29, 1.82) is 0 Å². The van der Waals surface area contributed by atoms with Crippen LogP contribution in [0, 0.1) is 11.6 Å². The highest BCUT2D eigenvalue weighted by Gasteiger charge is 2.26. The van der Waals surface area contributed by atoms with Crippen LogP contribution < -0.4 is 5.43 Å². The van der Waals surface area contributed by atoms with Gasteiger partial charge in [0.2, 0.25) is 5.43 Å². The van der Waals surface area contributed by atoms with Crippen LogP contribution in [0.25, 0.3) is 10.9 Å². The number of fused-ring (bicyclic) bond motifs is 1. The molecule has 1 aliphatic heterocycles. The largest absolute Gasteiger partial charge is 0.335 e. The fourth-order valence-electron chi connectivity index (χ4n) is 3.64. The van der Waals surface area contributed by atoms with Gasteiger partial charge in [0.25, 0.3) is 5.91 Å². The number of hydrogen-bond donors (Lipinski definition) is 0. The molecule has 0 aliphatic carbocycles. The normalized spacial score (nSPS) is 15.1. The SMILES string of the molecule is Cn1nc(C(=O)N2CCN(Cc3cccc(F)c3)CC2)c(=O)c2cc(F)ccc21. The van der Waals surface area contributed by atoms with Crippen molar-refractivity contribution in [3.63, 3.8) is 0 Å². The second-order valence-electron chi connectivity index (χ2n) is 7.16. The van der Waals surface area contributed by atoms with Crippen LogP contribution in [-0.2, 0) is 13.6 Å². The molecule has 0 spiro atoms. The van der Waals surface area contributed by atoms with Gasteiger partial charge in [-0.05, 0) is 35.9 Å². The minimum absolute atomic E-state index is 0.135. The second-order valence-corrected chi connectivity index (χ2v) is 7.16. The van der Waals surface area contributed by atoms with E-state index in [0.717, 1.165) is 11.6 Å². The molecule has 4 rings (SSSR count). The summed E-state index contributed by atoms with van der Waals surface area (Å²) < 4.78 is 28.4. The fourth-order valence-corrected chi connectivity index (χ4v) is 3.64. The number of rotatable bonds is 3. The highest BCUT2D eigenvalue weighted by atomic mass is 19.1. The zero-order valence-electron chi connectivity index (χ0n) is 15.9. The lowest BCUT2D eigenvalue weighted by Crippen LogP contribution is -2.49. The lowest BCUT2D eigenvalue weighted by Gasteiger charge is -2.34. The number of aromatic nitrogens is 2. The first-order valence-corrected chi connectivity index (χ1v) is 9.35. The third-order valence-corrected chi connectivity index (χ3v) is 5.17. The molecule has 2 aromatic carbocycles. The minimum atomic E-state index is -0.565. The van der Waals surface area contributed by atoms with E-state index in [9.17, 15) is 18.4 Å². The van der Waals surface area contributed by atoms with Gasteiger partial charge < -0.3 is 4.90 Å². The van der Waals surface area contributed by atoms with Gasteiger partial charge in [-0.15, -0.1) is 0 Å². The molecule has 0 radical (unpaired) electrons. The van der Waals surface area contributed by atoms with Gasteiger partial charge in [0.1, 0.15) is 11.6 Å². The van der Waals surface area contributed by atoms with Crippen molar-refractivity contribution in [2.75, 3.05) is 26.2 Å². The monoisotopic (exact) mass is 398 g/mol. The average molecular weight is 398 g/mol. The summed E-state index contributed by atoms with van der Waals surface area (Å²) in [6, 6.07) is 10.3. The first-order chi connectivity index (χ1) is 13.9. The molecule has 150 valence electrons. The molecule has 3 aromatic rings. The van der Waals surface area contributed by atoms with Crippen LogP contribution in [0.4, 0.5) is 8.78 Å². The predicted molar refractivity (Wildman–Crippen MR) is 105 cm³/mol. The quantitative estimate of drug-likeness (QED) is 0.679. The molecule has 1 aromatic heterocycles. The molecule has 8 heteroatoms. The summed E-state index contributed by atoms with van der Waals surface area (Å²) in [7, 11) is 1.62. The number of carbonyl (C=O) groups is 1. The maximum Gasteiger partial charge on any atom is 0.278 e. The Bertz CT molecular complexity index is 1140. The molecule has 1 aliphatic rings. The van der Waals surface area contributed by atoms with Crippen molar-refractivity contribution in [1.82, 2.24) is 19.6 Å². The van der Waals surface area contributed by atoms with Gasteiger partial charge in [0.15, 0.2) is 5.69 Å². The average Bonchev–Trinajstić information content (AvgIpc) is 2.71. The van der Waals surface area contributed by atoms with E-state index in [1.54, 1.807) is 18.0 Å². The number of amides is 1. The van der Waals surface area contributed by atoms with Crippen molar-refractivity contribution in [3.05, 3.63) is 75.6 Å². The summed E-state index contributed by atoms with van der Waals surface area (Å²) in [5.41, 5.74) is 0.568. The van der Waals surface area contributed by atoms with E-state index in [4.69, 9.17) is 0 Å². The highest BCUT2D eigenvalue weighted by Crippen LogP contribution is 2.14. The van der Waals surface area contributed by atoms with Gasteiger partial charge >= 0.3 is 0 Å². The molecule has 0 unspecified atom stereocenters. The number of piperazine rings is 1. The van der Waals surface area contributed by atoms with Crippen LogP contribution in [0.2, 0.25) is 0 Å². The molecule has 1 amide bonds. The Balaban J connectivity index is 1.50. The van der Waals surface area contributed by atoms with Crippen molar-refractivity contribution in [3.8, 4) is 0 Å². The number of carbonyl (C=O) groups excluding carboxylic acids is 1. The lowest BCUT2D eigenvalue weighted by molar-refractivity contribution is 0.0619. The zero-order valence-corrected chi connectivity index (χ0v) is 15.9. The van der Waals surface area contributed by atoms with Crippen LogP contribution in [0.3, 0.4) is 0 Å². The topological polar surface area (TPSA) is 58.4 Å². The summed E-state index contributed by atoms with van der Waals surface area (Å²) in [6.07, 6.45) is 0. The number of benzene rings is 2. The van der Waals surface area contributed by atoms with Crippen LogP contribution in [0.5, 0.6) is 0 Å². The molecule has 2 heterocycles. The molecule has 0 bridgehead atoms. The van der Waals surface area contributed by atoms with Gasteiger partial charge in [-0.3, -0.25) is 19.2 Å². The molecule has 1 saturated heterocycles. The Labute approximate surface area is 166 Å². The summed E-state index contributed by atoms with van der Waals surface area (Å²) in [5.74, 6) is -1.27. The van der Waals surface area contributed by atoms with Crippen LogP contribution >= 0.6 is 0 Å². The summed E-state index contributed by atoms with van der Waals surface area (Å²) in [6.45, 7) is 2.66. The minimum Gasteiger partial charge on any atom is -0.335 e. The van der Waals surface area contributed by atoms with E-state index >= 15 is 0 Å². The Morgan fingerprint density at radius 2 is 1.76 bits per heavy atom. The Kier molecular flexibility index (Phi) is 5.10. The van der Waals surface area contributed by atoms with Crippen LogP contribution in [-0.4, -0.2) is 51.7 Å². The third kappa shape index (κ3) is 3.88. The highest BCUT2D eigenvalue weighted by molar-refractivity contribution is 5.95. The molecule has 6 nitrogen and oxygen atoms in total. The van der Waals surface area contributed by atoms with E-state index in [0.29, 0.717) is 38.2 Å². The van der Waals surface area contributed by atoms with E-state index in [2.05, 4.69) is 10.00 Å². The van der Waals surface area contributed by atoms with Crippen molar-refractivity contribution in [2.45, 2.75) is 6.54 Å². The Hall–Kier alpha value is -3.13. The van der Waals surface area contributed by atoms with Gasteiger partial charge in [-0.1, -0.05) is 12.1 Å². The first kappa shape index (κ1) is 19.2. The van der Waals surface area contributed by atoms with Gasteiger partial charge in [0, 0.05) is 39.8 Å². The van der Waals surface area contributed by atoms with E-state index in [1.165, 1.54) is 28.9 Å². The molecule has 0 atom stereocenters.